The van der Waals surface area contributed by atoms with Crippen LogP contribution in [0.5, 0.6) is 0 Å². The lowest BCUT2D eigenvalue weighted by molar-refractivity contribution is 0.590. The topological polar surface area (TPSA) is 36.7 Å². The molecule has 150 valence electrons. The van der Waals surface area contributed by atoms with Crippen molar-refractivity contribution in [1.82, 2.24) is 4.98 Å². The molecule has 30 heavy (non-hydrogen) atoms. The summed E-state index contributed by atoms with van der Waals surface area (Å²) in [5, 5.41) is 15.0. The Morgan fingerprint density at radius 1 is 1.00 bits per heavy atom. The van der Waals surface area contributed by atoms with Crippen molar-refractivity contribution in [1.29, 1.82) is 5.26 Å². The first-order valence-electron chi connectivity index (χ1n) is 9.71. The lowest BCUT2D eigenvalue weighted by Gasteiger charge is -2.19. The second kappa shape index (κ2) is 8.77. The van der Waals surface area contributed by atoms with Crippen molar-refractivity contribution in [2.45, 2.75) is 37.0 Å². The van der Waals surface area contributed by atoms with Crippen LogP contribution in [-0.4, -0.2) is 4.98 Å². The third kappa shape index (κ3) is 4.52. The van der Waals surface area contributed by atoms with Crippen LogP contribution in [0.3, 0.4) is 0 Å². The van der Waals surface area contributed by atoms with Gasteiger partial charge in [-0.25, -0.2) is 4.98 Å². The van der Waals surface area contributed by atoms with Crippen LogP contribution in [0.2, 0.25) is 0 Å². The molecule has 5 heteroatoms. The molecule has 4 aromatic rings. The molecule has 0 spiro atoms. The Morgan fingerprint density at radius 3 is 2.33 bits per heavy atom. The number of aromatic nitrogens is 1. The molecule has 3 heterocycles. The molecule has 0 aliphatic heterocycles. The average Bonchev–Trinajstić information content (AvgIpc) is 3.45. The highest BCUT2D eigenvalue weighted by molar-refractivity contribution is 7.98. The Labute approximate surface area is 190 Å². The number of hydrogen-bond acceptors (Lipinski definition) is 5. The third-order valence-corrected chi connectivity index (χ3v) is 7.84. The van der Waals surface area contributed by atoms with E-state index in [0.29, 0.717) is 5.56 Å². The number of benzene rings is 1. The molecule has 0 amide bonds. The van der Waals surface area contributed by atoms with E-state index in [1.165, 1.54) is 10.4 Å². The first-order valence-corrected chi connectivity index (χ1v) is 12.5. The van der Waals surface area contributed by atoms with Gasteiger partial charge in [-0.2, -0.15) is 5.26 Å². The normalized spacial score (nSPS) is 11.4. The van der Waals surface area contributed by atoms with Crippen LogP contribution >= 0.6 is 34.4 Å². The number of nitrogens with zero attached hydrogens (tertiary/aromatic N) is 2. The summed E-state index contributed by atoms with van der Waals surface area (Å²) in [6, 6.07) is 21.4. The molecule has 0 saturated carbocycles. The molecule has 4 rings (SSSR count). The monoisotopic (exact) mass is 446 g/mol. The third-order valence-electron chi connectivity index (χ3n) is 4.86. The van der Waals surface area contributed by atoms with E-state index >= 15 is 0 Å². The van der Waals surface area contributed by atoms with E-state index in [1.54, 1.807) is 34.4 Å². The first-order chi connectivity index (χ1) is 14.5. The zero-order chi connectivity index (χ0) is 21.1. The van der Waals surface area contributed by atoms with Crippen LogP contribution in [-0.2, 0) is 11.2 Å². The lowest BCUT2D eigenvalue weighted by atomic mass is 9.86. The SMILES string of the molecule is CC(C)(C)c1ccc(-c2cc(-c3cccs3)nc(SCc3cccs3)c2C#N)cc1. The Bertz CT molecular complexity index is 1160. The molecule has 0 N–H and O–H groups in total. The van der Waals surface area contributed by atoms with Gasteiger partial charge in [-0.15, -0.1) is 22.7 Å². The molecule has 0 fully saturated rings. The van der Waals surface area contributed by atoms with Crippen molar-refractivity contribution in [3.63, 3.8) is 0 Å². The number of thioether (sulfide) groups is 1. The van der Waals surface area contributed by atoms with Crippen LogP contribution in [0.25, 0.3) is 21.7 Å². The molecule has 0 bridgehead atoms. The Balaban J connectivity index is 1.80. The molecule has 0 saturated heterocycles. The van der Waals surface area contributed by atoms with E-state index in [-0.39, 0.29) is 5.41 Å². The minimum absolute atomic E-state index is 0.0959. The number of pyridine rings is 1. The number of hydrogen-bond donors (Lipinski definition) is 0. The van der Waals surface area contributed by atoms with E-state index < -0.39 is 0 Å². The minimum Gasteiger partial charge on any atom is -0.239 e. The molecule has 0 atom stereocenters. The lowest BCUT2D eigenvalue weighted by Crippen LogP contribution is -2.10. The summed E-state index contributed by atoms with van der Waals surface area (Å²) in [6.45, 7) is 6.64. The zero-order valence-electron chi connectivity index (χ0n) is 17.2. The highest BCUT2D eigenvalue weighted by Crippen LogP contribution is 2.37. The van der Waals surface area contributed by atoms with Crippen LogP contribution in [0.4, 0.5) is 0 Å². The highest BCUT2D eigenvalue weighted by Gasteiger charge is 2.18. The number of rotatable bonds is 5. The van der Waals surface area contributed by atoms with Crippen molar-refractivity contribution in [3.8, 4) is 27.8 Å². The maximum absolute atomic E-state index is 10.0. The predicted molar refractivity (Wildman–Crippen MR) is 130 cm³/mol. The summed E-state index contributed by atoms with van der Waals surface area (Å²) in [5.74, 6) is 0.815. The van der Waals surface area contributed by atoms with Gasteiger partial charge in [0, 0.05) is 16.2 Å². The maximum Gasteiger partial charge on any atom is 0.116 e. The van der Waals surface area contributed by atoms with Gasteiger partial charge >= 0.3 is 0 Å². The predicted octanol–water partition coefficient (Wildman–Crippen LogP) is 8.00. The first kappa shape index (κ1) is 20.9. The molecule has 0 radical (unpaired) electrons. The quantitative estimate of drug-likeness (QED) is 0.291. The van der Waals surface area contributed by atoms with Gasteiger partial charge in [0.2, 0.25) is 0 Å². The Kier molecular flexibility index (Phi) is 6.10. The molecule has 2 nitrogen and oxygen atoms in total. The smallest absolute Gasteiger partial charge is 0.116 e. The summed E-state index contributed by atoms with van der Waals surface area (Å²) in [6.07, 6.45) is 0. The van der Waals surface area contributed by atoms with Crippen LogP contribution in [0.1, 0.15) is 36.8 Å². The summed E-state index contributed by atoms with van der Waals surface area (Å²) in [5.41, 5.74) is 4.96. The van der Waals surface area contributed by atoms with Gasteiger partial charge in [-0.05, 0) is 45.5 Å². The molecule has 0 unspecified atom stereocenters. The van der Waals surface area contributed by atoms with Crippen LogP contribution in [0.15, 0.2) is 70.4 Å². The van der Waals surface area contributed by atoms with Gasteiger partial charge in [-0.1, -0.05) is 68.9 Å². The Morgan fingerprint density at radius 2 is 1.73 bits per heavy atom. The summed E-state index contributed by atoms with van der Waals surface area (Å²) in [7, 11) is 0. The molecule has 0 aliphatic rings. The van der Waals surface area contributed by atoms with E-state index in [2.05, 4.69) is 86.1 Å². The van der Waals surface area contributed by atoms with Gasteiger partial charge in [0.05, 0.1) is 16.1 Å². The van der Waals surface area contributed by atoms with Crippen molar-refractivity contribution in [2.24, 2.45) is 0 Å². The Hall–Kier alpha value is -2.39. The summed E-state index contributed by atoms with van der Waals surface area (Å²) >= 11 is 5.04. The maximum atomic E-state index is 10.0. The van der Waals surface area contributed by atoms with E-state index in [0.717, 1.165) is 32.5 Å². The summed E-state index contributed by atoms with van der Waals surface area (Å²) in [4.78, 5) is 7.28. The number of thiophene rings is 2. The fourth-order valence-corrected chi connectivity index (χ4v) is 5.66. The second-order valence-corrected chi connectivity index (χ2v) is 11.0. The zero-order valence-corrected chi connectivity index (χ0v) is 19.6. The molecule has 1 aromatic carbocycles. The van der Waals surface area contributed by atoms with E-state index in [4.69, 9.17) is 4.98 Å². The van der Waals surface area contributed by atoms with Gasteiger partial charge in [0.25, 0.3) is 0 Å². The molecule has 3 aromatic heterocycles. The fourth-order valence-electron chi connectivity index (χ4n) is 3.20. The largest absolute Gasteiger partial charge is 0.239 e. The minimum atomic E-state index is 0.0959. The van der Waals surface area contributed by atoms with E-state index in [1.807, 2.05) is 6.07 Å². The number of nitriles is 1. The van der Waals surface area contributed by atoms with Gasteiger partial charge in [-0.3, -0.25) is 0 Å². The van der Waals surface area contributed by atoms with Gasteiger partial charge in [0.1, 0.15) is 11.1 Å². The molecule has 0 aliphatic carbocycles. The molecular weight excluding hydrogens is 424 g/mol. The highest BCUT2D eigenvalue weighted by atomic mass is 32.2. The van der Waals surface area contributed by atoms with Crippen molar-refractivity contribution in [3.05, 3.63) is 81.4 Å². The standard InChI is InChI=1S/C25H22N2S3/c1-25(2,3)18-10-8-17(9-11-18)20-14-22(23-7-5-13-29-23)27-24(21(20)15-26)30-16-19-6-4-12-28-19/h4-14H,16H2,1-3H3. The van der Waals surface area contributed by atoms with Crippen LogP contribution < -0.4 is 0 Å². The van der Waals surface area contributed by atoms with Gasteiger partial charge < -0.3 is 0 Å². The average molecular weight is 447 g/mol. The van der Waals surface area contributed by atoms with Crippen molar-refractivity contribution >= 4 is 34.4 Å². The van der Waals surface area contributed by atoms with Crippen molar-refractivity contribution < 1.29 is 0 Å². The summed E-state index contributed by atoms with van der Waals surface area (Å²) < 4.78 is 0. The fraction of sp³-hybridized carbons (Fsp3) is 0.200. The van der Waals surface area contributed by atoms with E-state index in [9.17, 15) is 5.26 Å². The second-order valence-electron chi connectivity index (χ2n) is 8.02. The molecular formula is C25H22N2S3. The van der Waals surface area contributed by atoms with Crippen LogP contribution in [0, 0.1) is 11.3 Å². The van der Waals surface area contributed by atoms with Crippen molar-refractivity contribution in [2.75, 3.05) is 0 Å². The van der Waals surface area contributed by atoms with Gasteiger partial charge in [0.15, 0.2) is 0 Å².